The fourth-order valence-corrected chi connectivity index (χ4v) is 12.0. The van der Waals surface area contributed by atoms with Gasteiger partial charge in [-0.3, -0.25) is 19.7 Å². The molecule has 15 heteroatoms. The first-order chi connectivity index (χ1) is 32.0. The summed E-state index contributed by atoms with van der Waals surface area (Å²) in [6, 6.07) is 9.53. The molecule has 2 aromatic rings. The van der Waals surface area contributed by atoms with Gasteiger partial charge in [-0.05, 0) is 112 Å². The van der Waals surface area contributed by atoms with Gasteiger partial charge in [0.25, 0.3) is 0 Å². The minimum Gasteiger partial charge on any atom is -0.458 e. The van der Waals surface area contributed by atoms with Gasteiger partial charge in [0, 0.05) is 60.7 Å². The van der Waals surface area contributed by atoms with E-state index in [0.717, 1.165) is 27.9 Å². The number of amides is 1. The highest BCUT2D eigenvalue weighted by atomic mass is 16.7. The molecule has 15 nitrogen and oxygen atoms in total. The molecule has 0 aliphatic carbocycles. The number of aryl methyl sites for hydroxylation is 1. The van der Waals surface area contributed by atoms with Gasteiger partial charge in [-0.1, -0.05) is 52.0 Å². The number of methoxy groups -OCH3 is 1. The van der Waals surface area contributed by atoms with Gasteiger partial charge in [-0.15, -0.1) is 0 Å². The second kappa shape index (κ2) is 20.7. The molecule has 18 atom stereocenters. The predicted octanol–water partition coefficient (Wildman–Crippen LogP) is 7.62. The fourth-order valence-electron chi connectivity index (χ4n) is 12.0. The molecule has 1 aromatic heterocycles. The van der Waals surface area contributed by atoms with Crippen molar-refractivity contribution < 1.29 is 52.6 Å². The third-order valence-electron chi connectivity index (χ3n) is 16.4. The van der Waals surface area contributed by atoms with Gasteiger partial charge in [-0.2, -0.15) is 0 Å². The molecule has 6 heterocycles. The number of aliphatic hydroxyl groups excluding tert-OH is 1. The average molecular weight is 949 g/mol. The van der Waals surface area contributed by atoms with Crippen molar-refractivity contribution >= 4 is 34.8 Å². The lowest BCUT2D eigenvalue weighted by molar-refractivity contribution is -0.316. The zero-order valence-corrected chi connectivity index (χ0v) is 43.3. The van der Waals surface area contributed by atoms with Crippen molar-refractivity contribution in [2.24, 2.45) is 34.6 Å². The molecule has 2 bridgehead atoms. The van der Waals surface area contributed by atoms with Crippen molar-refractivity contribution in [1.82, 2.24) is 14.8 Å². The lowest BCUT2D eigenvalue weighted by Gasteiger charge is -2.50. The normalized spacial score (nSPS) is 41.9. The van der Waals surface area contributed by atoms with Crippen LogP contribution >= 0.6 is 0 Å². The SMILES string of the molecule is CO[C@]1(C)C[C@H](O[C@H]2[C@H](C)[C@@H](O[C@H]3O[C@@H](C)C[C@@H](N(C)C)C3O)[C@@](C)(OC/C=C/c3ccc4nc(C)ccc4c3)C[C@@H](C)C3=NCCN4C(=O)O[C@](C)([C@H](C)OC(=O)[C@@H]2C)[C@H]4[C@@H]3C)O[C@@H](C)[C@@H]1C. The molecule has 1 aromatic carbocycles. The van der Waals surface area contributed by atoms with Crippen LogP contribution in [-0.2, 0) is 42.7 Å². The van der Waals surface area contributed by atoms with Crippen molar-refractivity contribution in [1.29, 1.82) is 0 Å². The van der Waals surface area contributed by atoms with Gasteiger partial charge in [0.15, 0.2) is 18.2 Å². The molecule has 0 radical (unpaired) electrons. The minimum absolute atomic E-state index is 0.0506. The number of fused-ring (bicyclic) bond motifs is 2. The summed E-state index contributed by atoms with van der Waals surface area (Å²) in [6.45, 7) is 24.8. The number of nitrogens with zero attached hydrogens (tertiary/aromatic N) is 4. The summed E-state index contributed by atoms with van der Waals surface area (Å²) in [5.74, 6) is -2.48. The van der Waals surface area contributed by atoms with Crippen LogP contribution in [0.25, 0.3) is 17.0 Å². The van der Waals surface area contributed by atoms with E-state index in [1.165, 1.54) is 0 Å². The summed E-state index contributed by atoms with van der Waals surface area (Å²) in [4.78, 5) is 42.2. The molecule has 5 aliphatic rings. The number of carbonyl (C=O) groups is 2. The topological polar surface area (TPSA) is 160 Å². The number of benzene rings is 1. The Kier molecular flexibility index (Phi) is 15.9. The average Bonchev–Trinajstić information content (AvgIpc) is 3.41. The Bertz CT molecular complexity index is 2170. The largest absolute Gasteiger partial charge is 0.458 e. The molecule has 1 amide bonds. The number of aromatic nitrogens is 1. The van der Waals surface area contributed by atoms with Crippen LogP contribution in [0.2, 0.25) is 0 Å². The van der Waals surface area contributed by atoms with Crippen LogP contribution in [0.15, 0.2) is 41.4 Å². The summed E-state index contributed by atoms with van der Waals surface area (Å²) >= 11 is 0. The Morgan fingerprint density at radius 3 is 2.38 bits per heavy atom. The van der Waals surface area contributed by atoms with Crippen LogP contribution in [0.5, 0.6) is 0 Å². The van der Waals surface area contributed by atoms with Crippen molar-refractivity contribution in [3.63, 3.8) is 0 Å². The van der Waals surface area contributed by atoms with Crippen molar-refractivity contribution in [2.45, 2.75) is 180 Å². The Hall–Kier alpha value is -3.54. The van der Waals surface area contributed by atoms with E-state index in [1.54, 1.807) is 25.9 Å². The maximum Gasteiger partial charge on any atom is 0.410 e. The third kappa shape index (κ3) is 10.4. The van der Waals surface area contributed by atoms with E-state index in [-0.39, 0.29) is 42.6 Å². The third-order valence-corrected chi connectivity index (χ3v) is 16.4. The Morgan fingerprint density at radius 2 is 1.68 bits per heavy atom. The first-order valence-corrected chi connectivity index (χ1v) is 24.9. The Balaban J connectivity index is 1.35. The van der Waals surface area contributed by atoms with Crippen LogP contribution in [-0.4, -0.2) is 157 Å². The summed E-state index contributed by atoms with van der Waals surface area (Å²) in [5.41, 5.74) is 0.867. The maximum atomic E-state index is 14.9. The number of ether oxygens (including phenoxy) is 8. The van der Waals surface area contributed by atoms with E-state index < -0.39 is 83.7 Å². The standard InChI is InChI=1S/C53H80N4O11/c1-29-27-52(11,62-24-16-17-38-19-21-40-39(26-38)20-18-30(2)55-40)47(67-49-44(58)41(56(13)14)25-31(3)63-49)33(5)45(66-42-28-51(10,61-15)35(7)36(8)64-42)34(6)48(59)65-37(9)53(12)46-32(4)43(29)54-22-23-57(46)50(60)68-53/h16-21,26,29,31-37,41-42,44-47,49,58H,22-25,27-28H2,1-15H3/b17-16+/t29-,31+,32-,33+,34-,35+,36+,37+,41-,42+,44?,45+,46-,47-,49-,51-,52+,53-/m1/s1. The number of carbonyl (C=O) groups excluding carboxylic acids is 2. The molecule has 4 fully saturated rings. The second-order valence-electron chi connectivity index (χ2n) is 21.6. The van der Waals surface area contributed by atoms with Crippen LogP contribution in [0.1, 0.15) is 107 Å². The number of hydrogen-bond donors (Lipinski definition) is 1. The lowest BCUT2D eigenvalue weighted by atomic mass is 9.73. The minimum atomic E-state index is -1.19. The Morgan fingerprint density at radius 1 is 0.941 bits per heavy atom. The van der Waals surface area contributed by atoms with Gasteiger partial charge in [0.1, 0.15) is 12.2 Å². The maximum absolute atomic E-state index is 14.9. The summed E-state index contributed by atoms with van der Waals surface area (Å²) in [6.07, 6.45) is -0.898. The molecule has 5 aliphatic heterocycles. The predicted molar refractivity (Wildman–Crippen MR) is 260 cm³/mol. The van der Waals surface area contributed by atoms with Gasteiger partial charge in [0.05, 0.1) is 66.2 Å². The molecule has 4 saturated heterocycles. The number of rotatable bonds is 10. The number of aliphatic hydroxyl groups is 1. The molecule has 1 N–H and O–H groups in total. The Labute approximate surface area is 404 Å². The van der Waals surface area contributed by atoms with Crippen molar-refractivity contribution in [3.8, 4) is 0 Å². The first kappa shape index (κ1) is 52.3. The number of hydrogen-bond acceptors (Lipinski definition) is 14. The number of cyclic esters (lactones) is 1. The first-order valence-electron chi connectivity index (χ1n) is 24.9. The summed E-state index contributed by atoms with van der Waals surface area (Å²) in [5, 5.41) is 13.1. The number of esters is 1. The molecule has 0 saturated carbocycles. The lowest BCUT2D eigenvalue weighted by Crippen LogP contribution is -2.61. The smallest absolute Gasteiger partial charge is 0.410 e. The van der Waals surface area contributed by atoms with Gasteiger partial charge in [-0.25, -0.2) is 4.79 Å². The molecular formula is C53H80N4O11. The van der Waals surface area contributed by atoms with E-state index in [4.69, 9.17) is 42.9 Å². The molecular weight excluding hydrogens is 869 g/mol. The zero-order valence-electron chi connectivity index (χ0n) is 43.3. The molecule has 0 spiro atoms. The zero-order chi connectivity index (χ0) is 49.6. The van der Waals surface area contributed by atoms with Gasteiger partial charge >= 0.3 is 12.1 Å². The van der Waals surface area contributed by atoms with Gasteiger partial charge in [0.2, 0.25) is 0 Å². The van der Waals surface area contributed by atoms with Crippen molar-refractivity contribution in [3.05, 3.63) is 47.7 Å². The van der Waals surface area contributed by atoms with E-state index in [2.05, 4.69) is 44.8 Å². The monoisotopic (exact) mass is 949 g/mol. The highest BCUT2D eigenvalue weighted by Crippen LogP contribution is 2.45. The molecule has 7 rings (SSSR count). The van der Waals surface area contributed by atoms with Gasteiger partial charge < -0.3 is 47.9 Å². The summed E-state index contributed by atoms with van der Waals surface area (Å²) in [7, 11) is 5.60. The summed E-state index contributed by atoms with van der Waals surface area (Å²) < 4.78 is 53.6. The van der Waals surface area contributed by atoms with E-state index in [1.807, 2.05) is 90.9 Å². The van der Waals surface area contributed by atoms with E-state index in [0.29, 0.717) is 32.4 Å². The van der Waals surface area contributed by atoms with E-state index in [9.17, 15) is 14.7 Å². The van der Waals surface area contributed by atoms with Crippen LogP contribution in [0.4, 0.5) is 4.79 Å². The van der Waals surface area contributed by atoms with Crippen LogP contribution < -0.4 is 0 Å². The number of aliphatic imine (C=N–C) groups is 1. The highest BCUT2D eigenvalue weighted by molar-refractivity contribution is 5.91. The van der Waals surface area contributed by atoms with Crippen LogP contribution in [0, 0.1) is 36.5 Å². The quantitative estimate of drug-likeness (QED) is 0.232. The number of likely N-dealkylation sites (N-methyl/N-ethyl adjacent to an activating group) is 1. The molecule has 1 unspecified atom stereocenters. The second-order valence-corrected chi connectivity index (χ2v) is 21.6. The van der Waals surface area contributed by atoms with E-state index >= 15 is 0 Å². The molecule has 68 heavy (non-hydrogen) atoms. The van der Waals surface area contributed by atoms with Crippen LogP contribution in [0.3, 0.4) is 0 Å². The van der Waals surface area contributed by atoms with Crippen molar-refractivity contribution in [2.75, 3.05) is 40.9 Å². The fraction of sp³-hybridized carbons (Fsp3) is 0.736. The number of pyridine rings is 1. The molecule has 378 valence electrons. The highest BCUT2D eigenvalue weighted by Gasteiger charge is 2.60.